The van der Waals surface area contributed by atoms with Crippen LogP contribution >= 0.6 is 27.7 Å². The summed E-state index contributed by atoms with van der Waals surface area (Å²) in [5.41, 5.74) is 8.70. The Morgan fingerprint density at radius 1 is 1.40 bits per heavy atom. The monoisotopic (exact) mass is 359 g/mol. The minimum absolute atomic E-state index is 0.221. The van der Waals surface area contributed by atoms with E-state index in [2.05, 4.69) is 39.7 Å². The van der Waals surface area contributed by atoms with E-state index in [-0.39, 0.29) is 6.04 Å². The van der Waals surface area contributed by atoms with Crippen LogP contribution < -0.4 is 5.73 Å². The summed E-state index contributed by atoms with van der Waals surface area (Å²) < 4.78 is 3.13. The van der Waals surface area contributed by atoms with E-state index in [0.717, 1.165) is 34.0 Å². The molecule has 1 heterocycles. The van der Waals surface area contributed by atoms with Crippen LogP contribution in [-0.2, 0) is 19.9 Å². The molecule has 1 aromatic rings. The van der Waals surface area contributed by atoms with Crippen molar-refractivity contribution in [2.24, 2.45) is 12.8 Å². The maximum absolute atomic E-state index is 6.33. The molecule has 0 bridgehead atoms. The van der Waals surface area contributed by atoms with Crippen molar-refractivity contribution >= 4 is 27.7 Å². The van der Waals surface area contributed by atoms with E-state index >= 15 is 0 Å². The van der Waals surface area contributed by atoms with Crippen LogP contribution in [-0.4, -0.2) is 26.8 Å². The van der Waals surface area contributed by atoms with E-state index in [9.17, 15) is 0 Å². The molecule has 0 aliphatic heterocycles. The van der Waals surface area contributed by atoms with Gasteiger partial charge >= 0.3 is 0 Å². The zero-order valence-electron chi connectivity index (χ0n) is 12.6. The van der Waals surface area contributed by atoms with E-state index in [1.165, 1.54) is 37.8 Å². The van der Waals surface area contributed by atoms with Gasteiger partial charge < -0.3 is 5.73 Å². The summed E-state index contributed by atoms with van der Waals surface area (Å²) in [5.74, 6) is 1.06. The van der Waals surface area contributed by atoms with Crippen LogP contribution in [0.2, 0.25) is 0 Å². The molecule has 1 atom stereocenters. The minimum atomic E-state index is 0.221. The van der Waals surface area contributed by atoms with Gasteiger partial charge in [-0.1, -0.05) is 26.2 Å². The van der Waals surface area contributed by atoms with Gasteiger partial charge in [0.05, 0.1) is 15.9 Å². The van der Waals surface area contributed by atoms with Crippen molar-refractivity contribution in [2.45, 2.75) is 63.2 Å². The van der Waals surface area contributed by atoms with Gasteiger partial charge in [-0.25, -0.2) is 0 Å². The average Bonchev–Trinajstić information content (AvgIpc) is 2.73. The number of nitrogens with two attached hydrogens (primary N) is 1. The Kier molecular flexibility index (Phi) is 6.43. The molecule has 114 valence electrons. The molecule has 3 nitrogen and oxygen atoms in total. The number of hydrogen-bond acceptors (Lipinski definition) is 3. The van der Waals surface area contributed by atoms with Gasteiger partial charge in [0.25, 0.3) is 0 Å². The molecule has 1 saturated carbocycles. The normalized spacial score (nSPS) is 18.4. The third kappa shape index (κ3) is 4.25. The van der Waals surface area contributed by atoms with Crippen molar-refractivity contribution in [1.82, 2.24) is 9.78 Å². The standard InChI is InChI=1S/C15H26BrN3S/c1-3-13-15(16)14(19(2)18-13)9-11(17)10-20-12-7-5-4-6-8-12/h11-12H,3-10,17H2,1-2H3. The van der Waals surface area contributed by atoms with Gasteiger partial charge in [-0.15, -0.1) is 0 Å². The topological polar surface area (TPSA) is 43.8 Å². The Bertz CT molecular complexity index is 427. The molecule has 0 radical (unpaired) electrons. The first-order chi connectivity index (χ1) is 9.61. The highest BCUT2D eigenvalue weighted by atomic mass is 79.9. The van der Waals surface area contributed by atoms with Crippen molar-refractivity contribution in [3.8, 4) is 0 Å². The molecule has 1 fully saturated rings. The molecule has 1 unspecified atom stereocenters. The third-order valence-electron chi connectivity index (χ3n) is 4.06. The highest BCUT2D eigenvalue weighted by Crippen LogP contribution is 2.29. The largest absolute Gasteiger partial charge is 0.327 e. The fourth-order valence-electron chi connectivity index (χ4n) is 2.84. The van der Waals surface area contributed by atoms with E-state index in [1.807, 2.05) is 11.7 Å². The molecule has 0 saturated heterocycles. The first-order valence-electron chi connectivity index (χ1n) is 7.69. The van der Waals surface area contributed by atoms with Crippen LogP contribution in [0.15, 0.2) is 4.47 Å². The lowest BCUT2D eigenvalue weighted by atomic mass is 10.0. The van der Waals surface area contributed by atoms with Gasteiger partial charge in [0, 0.05) is 30.5 Å². The van der Waals surface area contributed by atoms with Gasteiger partial charge in [-0.05, 0) is 35.2 Å². The molecule has 2 N–H and O–H groups in total. The van der Waals surface area contributed by atoms with Gasteiger partial charge in [0.2, 0.25) is 0 Å². The predicted octanol–water partition coefficient (Wildman–Crippen LogP) is 3.68. The van der Waals surface area contributed by atoms with Crippen LogP contribution in [0.25, 0.3) is 0 Å². The van der Waals surface area contributed by atoms with Crippen LogP contribution in [0.1, 0.15) is 50.4 Å². The van der Waals surface area contributed by atoms with Crippen LogP contribution in [0.4, 0.5) is 0 Å². The Hall–Kier alpha value is -0.000000000000000111. The first kappa shape index (κ1) is 16.4. The Morgan fingerprint density at radius 3 is 2.70 bits per heavy atom. The molecule has 2 rings (SSSR count). The Balaban J connectivity index is 1.84. The predicted molar refractivity (Wildman–Crippen MR) is 91.3 cm³/mol. The molecule has 0 amide bonds. The van der Waals surface area contributed by atoms with Crippen molar-refractivity contribution < 1.29 is 0 Å². The number of thioether (sulfide) groups is 1. The first-order valence-corrected chi connectivity index (χ1v) is 9.53. The molecule has 5 heteroatoms. The second kappa shape index (κ2) is 7.85. The highest BCUT2D eigenvalue weighted by molar-refractivity contribution is 9.10. The number of hydrogen-bond donors (Lipinski definition) is 1. The molecule has 0 spiro atoms. The molecular weight excluding hydrogens is 334 g/mol. The van der Waals surface area contributed by atoms with Crippen molar-refractivity contribution in [2.75, 3.05) is 5.75 Å². The molecular formula is C15H26BrN3S. The zero-order chi connectivity index (χ0) is 14.5. The summed E-state index contributed by atoms with van der Waals surface area (Å²) in [6.45, 7) is 2.13. The number of nitrogens with zero attached hydrogens (tertiary/aromatic N) is 2. The van der Waals surface area contributed by atoms with Gasteiger partial charge in [-0.3, -0.25) is 4.68 Å². The van der Waals surface area contributed by atoms with E-state index < -0.39 is 0 Å². The van der Waals surface area contributed by atoms with Gasteiger partial charge in [-0.2, -0.15) is 16.9 Å². The molecule has 20 heavy (non-hydrogen) atoms. The number of aryl methyl sites for hydroxylation is 2. The summed E-state index contributed by atoms with van der Waals surface area (Å²) >= 11 is 5.75. The highest BCUT2D eigenvalue weighted by Gasteiger charge is 2.18. The fraction of sp³-hybridized carbons (Fsp3) is 0.800. The van der Waals surface area contributed by atoms with E-state index in [1.54, 1.807) is 0 Å². The SMILES string of the molecule is CCc1nn(C)c(CC(N)CSC2CCCCC2)c1Br. The Labute approximate surface area is 135 Å². The summed E-state index contributed by atoms with van der Waals surface area (Å²) in [4.78, 5) is 0. The number of halogens is 1. The number of rotatable bonds is 6. The number of aromatic nitrogens is 2. The summed E-state index contributed by atoms with van der Waals surface area (Å²) in [6.07, 6.45) is 8.86. The summed E-state index contributed by atoms with van der Waals surface area (Å²) in [5, 5.41) is 5.38. The van der Waals surface area contributed by atoms with Crippen LogP contribution in [0.5, 0.6) is 0 Å². The van der Waals surface area contributed by atoms with Crippen molar-refractivity contribution in [3.63, 3.8) is 0 Å². The van der Waals surface area contributed by atoms with Gasteiger partial charge in [0.15, 0.2) is 0 Å². The lowest BCUT2D eigenvalue weighted by Gasteiger charge is -2.22. The second-order valence-corrected chi connectivity index (χ2v) is 7.87. The molecule has 0 aromatic carbocycles. The lowest BCUT2D eigenvalue weighted by Crippen LogP contribution is -2.28. The average molecular weight is 360 g/mol. The molecule has 1 aromatic heterocycles. The smallest absolute Gasteiger partial charge is 0.0766 e. The lowest BCUT2D eigenvalue weighted by molar-refractivity contribution is 0.515. The van der Waals surface area contributed by atoms with Crippen molar-refractivity contribution in [1.29, 1.82) is 0 Å². The zero-order valence-corrected chi connectivity index (χ0v) is 15.0. The maximum Gasteiger partial charge on any atom is 0.0766 e. The minimum Gasteiger partial charge on any atom is -0.327 e. The third-order valence-corrected chi connectivity index (χ3v) is 6.54. The Morgan fingerprint density at radius 2 is 2.10 bits per heavy atom. The van der Waals surface area contributed by atoms with Crippen LogP contribution in [0.3, 0.4) is 0 Å². The molecule has 1 aliphatic carbocycles. The summed E-state index contributed by atoms with van der Waals surface area (Å²) in [6, 6.07) is 0.221. The van der Waals surface area contributed by atoms with Crippen molar-refractivity contribution in [3.05, 3.63) is 15.9 Å². The maximum atomic E-state index is 6.33. The molecule has 1 aliphatic rings. The van der Waals surface area contributed by atoms with E-state index in [0.29, 0.717) is 0 Å². The quantitative estimate of drug-likeness (QED) is 0.842. The fourth-order valence-corrected chi connectivity index (χ4v) is 4.92. The van der Waals surface area contributed by atoms with Gasteiger partial charge in [0.1, 0.15) is 0 Å². The summed E-state index contributed by atoms with van der Waals surface area (Å²) in [7, 11) is 2.01. The van der Waals surface area contributed by atoms with E-state index in [4.69, 9.17) is 5.73 Å². The second-order valence-electron chi connectivity index (χ2n) is 5.74. The van der Waals surface area contributed by atoms with Crippen LogP contribution in [0, 0.1) is 0 Å².